The molecule has 2 aliphatic rings. The van der Waals surface area contributed by atoms with Gasteiger partial charge in [-0.3, -0.25) is 10.1 Å². The van der Waals surface area contributed by atoms with E-state index < -0.39 is 29.5 Å². The average molecular weight is 491 g/mol. The SMILES string of the molecule is COc1ccc(C(OCN2CN([C@H]3CC(O)[C@@H](CO)O3)c3ncnc(N)c32)C(C)C)c([N+](=O)[O-])c1. The number of benzene rings is 1. The summed E-state index contributed by atoms with van der Waals surface area (Å²) in [6.07, 6.45) is -0.974. The van der Waals surface area contributed by atoms with Crippen molar-refractivity contribution >= 4 is 23.0 Å². The zero-order valence-electron chi connectivity index (χ0n) is 19.8. The summed E-state index contributed by atoms with van der Waals surface area (Å²) in [6, 6.07) is 4.69. The molecule has 0 spiro atoms. The van der Waals surface area contributed by atoms with Crippen LogP contribution in [0.5, 0.6) is 5.75 Å². The Morgan fingerprint density at radius 1 is 1.37 bits per heavy atom. The molecular formula is C22H30N6O7. The van der Waals surface area contributed by atoms with Gasteiger partial charge in [0.25, 0.3) is 5.69 Å². The Kier molecular flexibility index (Phi) is 7.21. The second-order valence-electron chi connectivity index (χ2n) is 8.84. The standard InChI is InChI=1S/C22H30N6O7/c1-12(2)20(14-5-4-13(33-3)6-15(14)28(31)32)34-11-26-10-27(18-7-16(30)17(8-29)35-18)22-19(26)21(23)24-9-25-22/h4-6,9,12,16-18,20,29-30H,7-8,10-11H2,1-3H3,(H2,23,24,25)/t16?,17-,18-,20?/m1/s1. The van der Waals surface area contributed by atoms with E-state index in [1.807, 2.05) is 23.6 Å². The Hall–Kier alpha value is -3.26. The third-order valence-corrected chi connectivity index (χ3v) is 6.23. The highest BCUT2D eigenvalue weighted by Crippen LogP contribution is 2.42. The van der Waals surface area contributed by atoms with Crippen LogP contribution < -0.4 is 20.3 Å². The quantitative estimate of drug-likeness (QED) is 0.341. The highest BCUT2D eigenvalue weighted by atomic mass is 16.6. The molecule has 0 amide bonds. The Bertz CT molecular complexity index is 1070. The van der Waals surface area contributed by atoms with Gasteiger partial charge in [0, 0.05) is 6.42 Å². The summed E-state index contributed by atoms with van der Waals surface area (Å²) in [6.45, 7) is 3.87. The third-order valence-electron chi connectivity index (χ3n) is 6.23. The van der Waals surface area contributed by atoms with Crippen molar-refractivity contribution in [2.24, 2.45) is 5.92 Å². The molecule has 2 unspecified atom stereocenters. The number of rotatable bonds is 9. The molecule has 0 saturated carbocycles. The predicted octanol–water partition coefficient (Wildman–Crippen LogP) is 1.40. The van der Waals surface area contributed by atoms with Crippen molar-refractivity contribution in [1.82, 2.24) is 9.97 Å². The lowest BCUT2D eigenvalue weighted by molar-refractivity contribution is -0.386. The lowest BCUT2D eigenvalue weighted by Crippen LogP contribution is -2.40. The molecule has 0 radical (unpaired) electrons. The molecule has 13 nitrogen and oxygen atoms in total. The molecule has 2 aliphatic heterocycles. The summed E-state index contributed by atoms with van der Waals surface area (Å²) in [4.78, 5) is 23.4. The van der Waals surface area contributed by atoms with Gasteiger partial charge in [0.2, 0.25) is 0 Å². The normalized spacial score (nSPS) is 22.5. The van der Waals surface area contributed by atoms with Gasteiger partial charge in [-0.25, -0.2) is 9.97 Å². The number of nitrogens with two attached hydrogens (primary N) is 1. The molecule has 35 heavy (non-hydrogen) atoms. The number of fused-ring (bicyclic) bond motifs is 1. The highest BCUT2D eigenvalue weighted by Gasteiger charge is 2.42. The number of anilines is 3. The first-order valence-corrected chi connectivity index (χ1v) is 11.3. The van der Waals surface area contributed by atoms with Gasteiger partial charge >= 0.3 is 0 Å². The fourth-order valence-electron chi connectivity index (χ4n) is 4.48. The summed E-state index contributed by atoms with van der Waals surface area (Å²) < 4.78 is 17.2. The van der Waals surface area contributed by atoms with E-state index in [1.165, 1.54) is 19.5 Å². The Labute approximate surface area is 202 Å². The number of hydrogen-bond acceptors (Lipinski definition) is 12. The smallest absolute Gasteiger partial charge is 0.278 e. The molecule has 1 saturated heterocycles. The second kappa shape index (κ2) is 10.2. The zero-order chi connectivity index (χ0) is 25.3. The molecule has 0 bridgehead atoms. The van der Waals surface area contributed by atoms with Crippen LogP contribution in [-0.4, -0.2) is 70.7 Å². The van der Waals surface area contributed by atoms with Crippen LogP contribution in [0, 0.1) is 16.0 Å². The molecule has 4 atom stereocenters. The molecule has 2 aromatic rings. The van der Waals surface area contributed by atoms with Crippen molar-refractivity contribution in [2.75, 3.05) is 42.6 Å². The number of aliphatic hydroxyl groups is 2. The molecule has 4 rings (SSSR count). The van der Waals surface area contributed by atoms with E-state index in [1.54, 1.807) is 12.1 Å². The first-order valence-electron chi connectivity index (χ1n) is 11.3. The monoisotopic (exact) mass is 490 g/mol. The minimum Gasteiger partial charge on any atom is -0.497 e. The minimum atomic E-state index is -0.807. The molecule has 190 valence electrons. The summed E-state index contributed by atoms with van der Waals surface area (Å²) >= 11 is 0. The van der Waals surface area contributed by atoms with Gasteiger partial charge in [-0.2, -0.15) is 0 Å². The molecule has 1 fully saturated rings. The first kappa shape index (κ1) is 24.9. The molecule has 13 heteroatoms. The van der Waals surface area contributed by atoms with Gasteiger partial charge in [0.15, 0.2) is 11.6 Å². The van der Waals surface area contributed by atoms with E-state index in [0.717, 1.165) is 0 Å². The van der Waals surface area contributed by atoms with Crippen molar-refractivity contribution in [3.8, 4) is 5.75 Å². The topological polar surface area (TPSA) is 170 Å². The van der Waals surface area contributed by atoms with Gasteiger partial charge in [0.05, 0.1) is 49.1 Å². The first-order chi connectivity index (χ1) is 16.7. The number of aromatic nitrogens is 2. The van der Waals surface area contributed by atoms with Gasteiger partial charge in [-0.15, -0.1) is 0 Å². The number of nitrogen functional groups attached to an aromatic ring is 1. The van der Waals surface area contributed by atoms with Crippen LogP contribution in [0.25, 0.3) is 0 Å². The van der Waals surface area contributed by atoms with Crippen molar-refractivity contribution in [1.29, 1.82) is 0 Å². The average Bonchev–Trinajstić information content (AvgIpc) is 3.39. The Morgan fingerprint density at radius 3 is 2.77 bits per heavy atom. The van der Waals surface area contributed by atoms with Crippen molar-refractivity contribution in [2.45, 2.75) is 44.8 Å². The lowest BCUT2D eigenvalue weighted by Gasteiger charge is -2.28. The number of nitrogens with zero attached hydrogens (tertiary/aromatic N) is 5. The molecule has 1 aromatic carbocycles. The van der Waals surface area contributed by atoms with Gasteiger partial charge in [0.1, 0.15) is 36.8 Å². The van der Waals surface area contributed by atoms with Crippen molar-refractivity contribution < 1.29 is 29.3 Å². The van der Waals surface area contributed by atoms with Crippen molar-refractivity contribution in [3.63, 3.8) is 0 Å². The van der Waals surface area contributed by atoms with Crippen LogP contribution in [0.2, 0.25) is 0 Å². The number of hydrogen-bond donors (Lipinski definition) is 3. The minimum absolute atomic E-state index is 0.0474. The molecule has 3 heterocycles. The molecular weight excluding hydrogens is 460 g/mol. The summed E-state index contributed by atoms with van der Waals surface area (Å²) in [5.41, 5.74) is 7.07. The highest BCUT2D eigenvalue weighted by molar-refractivity contribution is 5.81. The summed E-state index contributed by atoms with van der Waals surface area (Å²) in [7, 11) is 1.45. The largest absolute Gasteiger partial charge is 0.497 e. The van der Waals surface area contributed by atoms with Crippen LogP contribution in [0.4, 0.5) is 23.0 Å². The number of nitro groups is 1. The van der Waals surface area contributed by atoms with Crippen LogP contribution in [-0.2, 0) is 9.47 Å². The third kappa shape index (κ3) is 4.80. The van der Waals surface area contributed by atoms with Crippen LogP contribution in [0.3, 0.4) is 0 Å². The maximum absolute atomic E-state index is 11.7. The van der Waals surface area contributed by atoms with E-state index in [-0.39, 0.29) is 43.9 Å². The fraction of sp³-hybridized carbons (Fsp3) is 0.545. The van der Waals surface area contributed by atoms with Crippen LogP contribution in [0.1, 0.15) is 31.9 Å². The number of methoxy groups -OCH3 is 1. The van der Waals surface area contributed by atoms with Crippen LogP contribution >= 0.6 is 0 Å². The number of nitro benzene ring substituents is 1. The molecule has 4 N–H and O–H groups in total. The Morgan fingerprint density at radius 2 is 2.14 bits per heavy atom. The fourth-order valence-corrected chi connectivity index (χ4v) is 4.48. The second-order valence-corrected chi connectivity index (χ2v) is 8.84. The number of ether oxygens (including phenoxy) is 3. The predicted molar refractivity (Wildman–Crippen MR) is 126 cm³/mol. The van der Waals surface area contributed by atoms with E-state index in [4.69, 9.17) is 19.9 Å². The zero-order valence-corrected chi connectivity index (χ0v) is 19.8. The summed E-state index contributed by atoms with van der Waals surface area (Å²) in [5, 5.41) is 31.4. The van der Waals surface area contributed by atoms with Gasteiger partial charge in [-0.1, -0.05) is 13.8 Å². The maximum atomic E-state index is 11.7. The molecule has 0 aliphatic carbocycles. The Balaban J connectivity index is 1.58. The van der Waals surface area contributed by atoms with E-state index >= 15 is 0 Å². The van der Waals surface area contributed by atoms with E-state index in [0.29, 0.717) is 22.8 Å². The summed E-state index contributed by atoms with van der Waals surface area (Å²) in [5.74, 6) is 1.07. The lowest BCUT2D eigenvalue weighted by atomic mass is 9.97. The van der Waals surface area contributed by atoms with E-state index in [9.17, 15) is 20.3 Å². The van der Waals surface area contributed by atoms with E-state index in [2.05, 4.69) is 9.97 Å². The number of aliphatic hydroxyl groups excluding tert-OH is 2. The van der Waals surface area contributed by atoms with Gasteiger partial charge < -0.3 is 40.0 Å². The molecule has 1 aromatic heterocycles. The van der Waals surface area contributed by atoms with Crippen LogP contribution in [0.15, 0.2) is 24.5 Å². The van der Waals surface area contributed by atoms with Gasteiger partial charge in [-0.05, 0) is 18.1 Å². The van der Waals surface area contributed by atoms with Crippen molar-refractivity contribution in [3.05, 3.63) is 40.2 Å². The maximum Gasteiger partial charge on any atom is 0.278 e.